The summed E-state index contributed by atoms with van der Waals surface area (Å²) in [6.07, 6.45) is 6.36. The molecule has 1 aliphatic rings. The lowest BCUT2D eigenvalue weighted by Gasteiger charge is -2.10. The van der Waals surface area contributed by atoms with Gasteiger partial charge in [0.25, 0.3) is 0 Å². The fourth-order valence-electron chi connectivity index (χ4n) is 2.10. The standard InChI is InChI=1S/C10H11BrN6S/c11-8-5-9(13-6-12-8)18-10-14-15-16-17(10)7-3-1-2-4-7/h5-7H,1-4H2. The smallest absolute Gasteiger partial charge is 0.215 e. The molecule has 1 aliphatic carbocycles. The molecule has 0 amide bonds. The lowest BCUT2D eigenvalue weighted by molar-refractivity contribution is 0.423. The summed E-state index contributed by atoms with van der Waals surface area (Å²) in [6, 6.07) is 2.30. The molecular weight excluding hydrogens is 316 g/mol. The van der Waals surface area contributed by atoms with Crippen molar-refractivity contribution in [2.24, 2.45) is 0 Å². The second-order valence-electron chi connectivity index (χ2n) is 4.13. The summed E-state index contributed by atoms with van der Waals surface area (Å²) in [7, 11) is 0. The van der Waals surface area contributed by atoms with Crippen molar-refractivity contribution in [3.05, 3.63) is 17.0 Å². The van der Waals surface area contributed by atoms with Gasteiger partial charge in [-0.25, -0.2) is 14.6 Å². The Bertz CT molecular complexity index is 539. The molecule has 94 valence electrons. The number of aromatic nitrogens is 6. The third-order valence-corrected chi connectivity index (χ3v) is 4.26. The number of tetrazole rings is 1. The molecule has 6 nitrogen and oxygen atoms in total. The zero-order chi connectivity index (χ0) is 12.4. The molecule has 0 saturated heterocycles. The Morgan fingerprint density at radius 3 is 2.89 bits per heavy atom. The van der Waals surface area contributed by atoms with Gasteiger partial charge >= 0.3 is 0 Å². The number of halogens is 1. The molecule has 8 heteroatoms. The van der Waals surface area contributed by atoms with E-state index in [0.717, 1.165) is 27.6 Å². The third-order valence-electron chi connectivity index (χ3n) is 2.94. The molecule has 0 unspecified atom stereocenters. The SMILES string of the molecule is Brc1cc(Sc2nnnn2C2CCCC2)ncn1. The second kappa shape index (κ2) is 5.31. The Kier molecular flexibility index (Phi) is 3.55. The van der Waals surface area contributed by atoms with E-state index in [-0.39, 0.29) is 0 Å². The summed E-state index contributed by atoms with van der Waals surface area (Å²) in [5, 5.41) is 13.6. The van der Waals surface area contributed by atoms with Gasteiger partial charge in [-0.1, -0.05) is 12.8 Å². The number of hydrogen-bond acceptors (Lipinski definition) is 6. The monoisotopic (exact) mass is 326 g/mol. The van der Waals surface area contributed by atoms with Crippen molar-refractivity contribution in [2.75, 3.05) is 0 Å². The van der Waals surface area contributed by atoms with Gasteiger partial charge in [0.1, 0.15) is 16.0 Å². The van der Waals surface area contributed by atoms with E-state index in [4.69, 9.17) is 0 Å². The zero-order valence-electron chi connectivity index (χ0n) is 9.53. The summed E-state index contributed by atoms with van der Waals surface area (Å²) < 4.78 is 2.69. The van der Waals surface area contributed by atoms with E-state index in [2.05, 4.69) is 41.4 Å². The van der Waals surface area contributed by atoms with Gasteiger partial charge in [-0.2, -0.15) is 0 Å². The Morgan fingerprint density at radius 1 is 1.28 bits per heavy atom. The van der Waals surface area contributed by atoms with Crippen molar-refractivity contribution in [1.29, 1.82) is 0 Å². The normalized spacial score (nSPS) is 16.3. The predicted molar refractivity (Wildman–Crippen MR) is 69.2 cm³/mol. The van der Waals surface area contributed by atoms with Crippen molar-refractivity contribution in [3.8, 4) is 0 Å². The lowest BCUT2D eigenvalue weighted by Crippen LogP contribution is -2.08. The number of hydrogen-bond donors (Lipinski definition) is 0. The summed E-state index contributed by atoms with van der Waals surface area (Å²) in [5.74, 6) is 0. The molecule has 1 fully saturated rings. The van der Waals surface area contributed by atoms with Gasteiger partial charge in [-0.05, 0) is 51.0 Å². The zero-order valence-corrected chi connectivity index (χ0v) is 11.9. The Morgan fingerprint density at radius 2 is 2.11 bits per heavy atom. The second-order valence-corrected chi connectivity index (χ2v) is 5.93. The van der Waals surface area contributed by atoms with Crippen LogP contribution in [0.4, 0.5) is 0 Å². The minimum absolute atomic E-state index is 0.438. The fourth-order valence-corrected chi connectivity index (χ4v) is 3.37. The van der Waals surface area contributed by atoms with Crippen LogP contribution in [0.2, 0.25) is 0 Å². The molecule has 0 spiro atoms. The van der Waals surface area contributed by atoms with Crippen molar-refractivity contribution < 1.29 is 0 Å². The molecule has 0 aromatic carbocycles. The van der Waals surface area contributed by atoms with E-state index in [9.17, 15) is 0 Å². The van der Waals surface area contributed by atoms with Gasteiger partial charge in [-0.3, -0.25) is 0 Å². The fraction of sp³-hybridized carbons (Fsp3) is 0.500. The van der Waals surface area contributed by atoms with Crippen LogP contribution in [-0.2, 0) is 0 Å². The van der Waals surface area contributed by atoms with E-state index in [1.807, 2.05) is 10.7 Å². The maximum atomic E-state index is 4.20. The predicted octanol–water partition coefficient (Wildman–Crippen LogP) is 2.49. The molecule has 0 bridgehead atoms. The minimum atomic E-state index is 0.438. The topological polar surface area (TPSA) is 69.4 Å². The van der Waals surface area contributed by atoms with Crippen molar-refractivity contribution in [2.45, 2.75) is 41.9 Å². The number of nitrogens with zero attached hydrogens (tertiary/aromatic N) is 6. The summed E-state index contributed by atoms with van der Waals surface area (Å²) in [6.45, 7) is 0. The van der Waals surface area contributed by atoms with Gasteiger partial charge in [-0.15, -0.1) is 5.10 Å². The molecule has 0 atom stereocenters. The first kappa shape index (κ1) is 12.0. The molecule has 1 saturated carbocycles. The molecule has 2 aromatic rings. The van der Waals surface area contributed by atoms with Crippen LogP contribution >= 0.6 is 27.7 Å². The summed E-state index contributed by atoms with van der Waals surface area (Å²) in [5.41, 5.74) is 0. The Balaban J connectivity index is 1.82. The van der Waals surface area contributed by atoms with Gasteiger partial charge in [0, 0.05) is 6.07 Å². The Hall–Kier alpha value is -1.02. The van der Waals surface area contributed by atoms with Gasteiger partial charge in [0.05, 0.1) is 6.04 Å². The maximum absolute atomic E-state index is 4.20. The molecule has 2 heterocycles. The summed E-state index contributed by atoms with van der Waals surface area (Å²) >= 11 is 4.80. The summed E-state index contributed by atoms with van der Waals surface area (Å²) in [4.78, 5) is 8.20. The van der Waals surface area contributed by atoms with Crippen LogP contribution in [0.15, 0.2) is 27.2 Å². The Labute approximate surface area is 117 Å². The van der Waals surface area contributed by atoms with E-state index < -0.39 is 0 Å². The van der Waals surface area contributed by atoms with E-state index >= 15 is 0 Å². The average Bonchev–Trinajstić information content (AvgIpc) is 2.98. The molecule has 0 radical (unpaired) electrons. The van der Waals surface area contributed by atoms with Crippen LogP contribution < -0.4 is 0 Å². The average molecular weight is 327 g/mol. The van der Waals surface area contributed by atoms with Gasteiger partial charge in [0.2, 0.25) is 5.16 Å². The third kappa shape index (κ3) is 2.54. The van der Waals surface area contributed by atoms with Crippen LogP contribution in [0, 0.1) is 0 Å². The van der Waals surface area contributed by atoms with E-state index in [1.54, 1.807) is 0 Å². The van der Waals surface area contributed by atoms with Crippen molar-refractivity contribution >= 4 is 27.7 Å². The lowest BCUT2D eigenvalue weighted by atomic mass is 10.3. The minimum Gasteiger partial charge on any atom is -0.229 e. The van der Waals surface area contributed by atoms with Crippen molar-refractivity contribution in [1.82, 2.24) is 30.2 Å². The van der Waals surface area contributed by atoms with Crippen LogP contribution in [0.3, 0.4) is 0 Å². The van der Waals surface area contributed by atoms with Crippen LogP contribution in [-0.4, -0.2) is 30.2 Å². The van der Waals surface area contributed by atoms with Crippen LogP contribution in [0.1, 0.15) is 31.7 Å². The van der Waals surface area contributed by atoms with Gasteiger partial charge in [0.15, 0.2) is 0 Å². The molecule has 0 aliphatic heterocycles. The molecular formula is C10H11BrN6S. The molecule has 0 N–H and O–H groups in total. The largest absolute Gasteiger partial charge is 0.229 e. The highest BCUT2D eigenvalue weighted by atomic mass is 79.9. The molecule has 2 aromatic heterocycles. The molecule has 3 rings (SSSR count). The van der Waals surface area contributed by atoms with Crippen LogP contribution in [0.5, 0.6) is 0 Å². The highest BCUT2D eigenvalue weighted by molar-refractivity contribution is 9.10. The molecule has 18 heavy (non-hydrogen) atoms. The first-order valence-electron chi connectivity index (χ1n) is 5.76. The van der Waals surface area contributed by atoms with E-state index in [1.165, 1.54) is 30.9 Å². The first-order valence-corrected chi connectivity index (χ1v) is 7.37. The maximum Gasteiger partial charge on any atom is 0.215 e. The highest BCUT2D eigenvalue weighted by Crippen LogP contribution is 2.33. The van der Waals surface area contributed by atoms with E-state index in [0.29, 0.717) is 6.04 Å². The van der Waals surface area contributed by atoms with Gasteiger partial charge < -0.3 is 0 Å². The van der Waals surface area contributed by atoms with Crippen LogP contribution in [0.25, 0.3) is 0 Å². The highest BCUT2D eigenvalue weighted by Gasteiger charge is 2.22. The first-order chi connectivity index (χ1) is 8.83. The number of rotatable bonds is 3. The quantitative estimate of drug-likeness (QED) is 0.807. The van der Waals surface area contributed by atoms with Crippen molar-refractivity contribution in [3.63, 3.8) is 0 Å².